The maximum Gasteiger partial charge on any atom is 0.219 e. The summed E-state index contributed by atoms with van der Waals surface area (Å²) < 4.78 is 12.6. The molecule has 25 heavy (non-hydrogen) atoms. The van der Waals surface area contributed by atoms with Gasteiger partial charge in [0.05, 0.1) is 18.6 Å². The van der Waals surface area contributed by atoms with Crippen LogP contribution in [0, 0.1) is 0 Å². The topological polar surface area (TPSA) is 18.5 Å². The van der Waals surface area contributed by atoms with Gasteiger partial charge < -0.3 is 9.05 Å². The average molecular weight is 366 g/mol. The van der Waals surface area contributed by atoms with Gasteiger partial charge in [0.15, 0.2) is 0 Å². The minimum absolute atomic E-state index is 0.334. The number of benzene rings is 3. The van der Waals surface area contributed by atoms with E-state index in [0.717, 1.165) is 5.30 Å². The highest BCUT2D eigenvalue weighted by molar-refractivity contribution is 8.13. The monoisotopic (exact) mass is 366 g/mol. The maximum atomic E-state index is 6.28. The first-order valence-electron chi connectivity index (χ1n) is 8.29. The summed E-state index contributed by atoms with van der Waals surface area (Å²) in [5.74, 6) is 0. The van der Waals surface area contributed by atoms with Crippen molar-refractivity contribution in [1.29, 1.82) is 0 Å². The van der Waals surface area contributed by atoms with Gasteiger partial charge in [0, 0.05) is 5.30 Å². The van der Waals surface area contributed by atoms with Crippen molar-refractivity contribution < 1.29 is 9.05 Å². The van der Waals surface area contributed by atoms with Gasteiger partial charge in [-0.1, -0.05) is 78.9 Å². The second kappa shape index (κ2) is 6.86. The molecule has 1 saturated heterocycles. The quantitative estimate of drug-likeness (QED) is 0.629. The Hall–Kier alpha value is -1.77. The molecule has 3 aromatic rings. The van der Waals surface area contributed by atoms with Crippen LogP contribution >= 0.6 is 6.49 Å². The van der Waals surface area contributed by atoms with Gasteiger partial charge in [0.25, 0.3) is 0 Å². The summed E-state index contributed by atoms with van der Waals surface area (Å²) in [7, 11) is 0. The van der Waals surface area contributed by atoms with Crippen molar-refractivity contribution in [3.8, 4) is 0 Å². The second-order valence-corrected chi connectivity index (χ2v) is 9.66. The molecule has 0 aliphatic carbocycles. The molecule has 1 aliphatic heterocycles. The van der Waals surface area contributed by atoms with E-state index in [9.17, 15) is 0 Å². The van der Waals surface area contributed by atoms with Crippen molar-refractivity contribution in [2.45, 2.75) is 5.41 Å². The van der Waals surface area contributed by atoms with Gasteiger partial charge in [-0.25, -0.2) is 0 Å². The Bertz CT molecular complexity index is 828. The zero-order valence-corrected chi connectivity index (χ0v) is 15.5. The number of hydrogen-bond donors (Lipinski definition) is 0. The Kier molecular flexibility index (Phi) is 4.58. The van der Waals surface area contributed by atoms with Crippen molar-refractivity contribution in [2.24, 2.45) is 0 Å². The minimum Gasteiger partial charge on any atom is -0.325 e. The SMILES string of the molecule is S=P1(c2ccccc2)OCC(c2ccccc2)(c2ccccc2)CO1. The van der Waals surface area contributed by atoms with Crippen LogP contribution in [0.4, 0.5) is 0 Å². The maximum absolute atomic E-state index is 6.28. The van der Waals surface area contributed by atoms with Crippen LogP contribution in [-0.4, -0.2) is 13.2 Å². The molecule has 0 radical (unpaired) electrons. The van der Waals surface area contributed by atoms with Crippen molar-refractivity contribution in [1.82, 2.24) is 0 Å². The molecule has 0 saturated carbocycles. The normalized spacial score (nSPS) is 18.6. The lowest BCUT2D eigenvalue weighted by Crippen LogP contribution is -2.42. The number of hydrogen-bond acceptors (Lipinski definition) is 3. The smallest absolute Gasteiger partial charge is 0.219 e. The summed E-state index contributed by atoms with van der Waals surface area (Å²) in [6.45, 7) is -1.41. The summed E-state index contributed by atoms with van der Waals surface area (Å²) >= 11 is 5.79. The summed E-state index contributed by atoms with van der Waals surface area (Å²) in [6, 6.07) is 30.8. The molecule has 0 aromatic heterocycles. The molecule has 0 amide bonds. The van der Waals surface area contributed by atoms with Gasteiger partial charge in [-0.15, -0.1) is 0 Å². The Labute approximate surface area is 153 Å². The van der Waals surface area contributed by atoms with Gasteiger partial charge in [-0.3, -0.25) is 0 Å². The standard InChI is InChI=1S/C21H19O2PS/c25-24(20-14-8-3-9-15-20)22-16-21(17-23-24,18-10-4-1-5-11-18)19-12-6-2-7-13-19/h1-15H,16-17H2. The average Bonchev–Trinajstić information content (AvgIpc) is 2.71. The molecule has 0 unspecified atom stereocenters. The Morgan fingerprint density at radius 2 is 1.04 bits per heavy atom. The molecule has 4 heteroatoms. The van der Waals surface area contributed by atoms with E-state index in [1.54, 1.807) is 0 Å². The Morgan fingerprint density at radius 1 is 0.640 bits per heavy atom. The molecule has 0 atom stereocenters. The van der Waals surface area contributed by atoms with Crippen LogP contribution in [0.3, 0.4) is 0 Å². The molecule has 1 heterocycles. The summed E-state index contributed by atoms with van der Waals surface area (Å²) in [4.78, 5) is 0. The zero-order chi connectivity index (χ0) is 17.2. The Morgan fingerprint density at radius 3 is 1.48 bits per heavy atom. The van der Waals surface area contributed by atoms with Crippen LogP contribution < -0.4 is 5.30 Å². The van der Waals surface area contributed by atoms with Gasteiger partial charge in [0.2, 0.25) is 6.49 Å². The molecule has 1 fully saturated rings. The van der Waals surface area contributed by atoms with Gasteiger partial charge >= 0.3 is 0 Å². The van der Waals surface area contributed by atoms with Crippen LogP contribution in [-0.2, 0) is 26.3 Å². The van der Waals surface area contributed by atoms with Gasteiger partial charge in [-0.05, 0) is 35.1 Å². The fourth-order valence-corrected chi connectivity index (χ4v) is 5.62. The molecule has 0 bridgehead atoms. The highest BCUT2D eigenvalue weighted by atomic mass is 32.5. The molecule has 3 aromatic carbocycles. The van der Waals surface area contributed by atoms with Crippen molar-refractivity contribution in [3.63, 3.8) is 0 Å². The van der Waals surface area contributed by atoms with Crippen LogP contribution in [0.5, 0.6) is 0 Å². The third kappa shape index (κ3) is 3.09. The highest BCUT2D eigenvalue weighted by Gasteiger charge is 2.43. The summed E-state index contributed by atoms with van der Waals surface area (Å²) in [6.07, 6.45) is 0. The summed E-state index contributed by atoms with van der Waals surface area (Å²) in [5, 5.41) is 0.972. The third-order valence-electron chi connectivity index (χ3n) is 4.69. The zero-order valence-electron chi connectivity index (χ0n) is 13.7. The molecular formula is C21H19O2PS. The number of rotatable bonds is 3. The van der Waals surface area contributed by atoms with Gasteiger partial charge in [0.1, 0.15) is 0 Å². The predicted molar refractivity (Wildman–Crippen MR) is 106 cm³/mol. The van der Waals surface area contributed by atoms with E-state index in [-0.39, 0.29) is 5.41 Å². The fraction of sp³-hybridized carbons (Fsp3) is 0.143. The van der Waals surface area contributed by atoms with E-state index >= 15 is 0 Å². The second-order valence-electron chi connectivity index (χ2n) is 6.19. The first kappa shape index (κ1) is 16.7. The highest BCUT2D eigenvalue weighted by Crippen LogP contribution is 2.54. The van der Waals surface area contributed by atoms with E-state index in [1.165, 1.54) is 11.1 Å². The molecule has 1 aliphatic rings. The molecule has 0 spiro atoms. The van der Waals surface area contributed by atoms with Crippen molar-refractivity contribution in [3.05, 3.63) is 102 Å². The summed E-state index contributed by atoms with van der Waals surface area (Å²) in [5.41, 5.74) is 2.05. The van der Waals surface area contributed by atoms with Crippen LogP contribution in [0.25, 0.3) is 0 Å². The van der Waals surface area contributed by atoms with E-state index in [4.69, 9.17) is 20.9 Å². The molecule has 126 valence electrons. The third-order valence-corrected chi connectivity index (χ3v) is 7.82. The minimum atomic E-state index is -2.45. The Balaban J connectivity index is 1.73. The predicted octanol–water partition coefficient (Wildman–Crippen LogP) is 4.65. The van der Waals surface area contributed by atoms with E-state index < -0.39 is 6.49 Å². The van der Waals surface area contributed by atoms with Crippen LogP contribution in [0.2, 0.25) is 0 Å². The van der Waals surface area contributed by atoms with Crippen LogP contribution in [0.1, 0.15) is 11.1 Å². The first-order chi connectivity index (χ1) is 12.2. The molecular weight excluding hydrogens is 347 g/mol. The fourth-order valence-electron chi connectivity index (χ4n) is 3.24. The molecule has 4 rings (SSSR count). The van der Waals surface area contributed by atoms with Crippen molar-refractivity contribution >= 4 is 23.6 Å². The molecule has 0 N–H and O–H groups in total. The largest absolute Gasteiger partial charge is 0.325 e. The lowest BCUT2D eigenvalue weighted by molar-refractivity contribution is 0.116. The van der Waals surface area contributed by atoms with Gasteiger partial charge in [-0.2, -0.15) is 0 Å². The van der Waals surface area contributed by atoms with E-state index in [2.05, 4.69) is 48.5 Å². The first-order valence-corrected chi connectivity index (χ1v) is 10.9. The lowest BCUT2D eigenvalue weighted by atomic mass is 9.76. The van der Waals surface area contributed by atoms with Crippen molar-refractivity contribution in [2.75, 3.05) is 13.2 Å². The van der Waals surface area contributed by atoms with E-state index in [0.29, 0.717) is 13.2 Å². The van der Waals surface area contributed by atoms with E-state index in [1.807, 2.05) is 42.5 Å². The lowest BCUT2D eigenvalue weighted by Gasteiger charge is -2.42. The van der Waals surface area contributed by atoms with Crippen LogP contribution in [0.15, 0.2) is 91.0 Å². The molecule has 2 nitrogen and oxygen atoms in total.